The van der Waals surface area contributed by atoms with E-state index >= 15 is 0 Å². The minimum Gasteiger partial charge on any atom is -0.394 e. The first kappa shape index (κ1) is 54.2. The monoisotopic (exact) mass is 816 g/mol. The highest BCUT2D eigenvalue weighted by molar-refractivity contribution is 5.76. The second kappa shape index (κ2) is 38.1. The molecule has 0 aromatic rings. The molecule has 0 aromatic heterocycles. The standard InChI is InChI=1S/C47H93NO9/c1-3-5-7-9-11-13-15-17-18-19-20-21-22-24-26-28-30-32-34-36-42(51)48-39(38-56-47-46(55)45(54)44(53)41(37-49)57-47)43(52)40(50)35-33-31-29-27-25-23-16-14-12-10-8-6-4-2/h39-41,43-47,49-50,52-55H,3-38H2,1-2H3,(H,48,51)/t39-,40+,41+,43-,44+,45?,46?,47+/m0/s1. The lowest BCUT2D eigenvalue weighted by Crippen LogP contribution is -2.60. The van der Waals surface area contributed by atoms with Crippen LogP contribution in [0.2, 0.25) is 0 Å². The molecule has 0 bridgehead atoms. The maximum Gasteiger partial charge on any atom is 0.220 e. The molecule has 1 saturated heterocycles. The fourth-order valence-electron chi connectivity index (χ4n) is 8.08. The summed E-state index contributed by atoms with van der Waals surface area (Å²) >= 11 is 0. The first-order chi connectivity index (χ1) is 27.8. The molecule has 0 aliphatic carbocycles. The maximum absolute atomic E-state index is 13.0. The Morgan fingerprint density at radius 1 is 0.544 bits per heavy atom. The van der Waals surface area contributed by atoms with Crippen molar-refractivity contribution in [3.63, 3.8) is 0 Å². The van der Waals surface area contributed by atoms with E-state index < -0.39 is 55.6 Å². The molecule has 1 fully saturated rings. The number of nitrogens with one attached hydrogen (secondary N) is 1. The number of unbranched alkanes of at least 4 members (excludes halogenated alkanes) is 30. The van der Waals surface area contributed by atoms with Crippen LogP contribution in [0, 0.1) is 0 Å². The van der Waals surface area contributed by atoms with Crippen molar-refractivity contribution in [3.8, 4) is 0 Å². The minimum atomic E-state index is -1.60. The van der Waals surface area contributed by atoms with Crippen LogP contribution in [0.1, 0.15) is 232 Å². The van der Waals surface area contributed by atoms with Crippen LogP contribution in [0.5, 0.6) is 0 Å². The molecule has 1 aliphatic rings. The zero-order valence-corrected chi connectivity index (χ0v) is 37.0. The SMILES string of the molecule is CCCCCCCCCCCCCCCCCCCCCC(=O)N[C@@H](CO[C@@H]1O[C@H](CO)[C@@H](O)C(O)C1O)[C@H](O)[C@H](O)CCCCCCCCCCCCCCC. The zero-order valence-electron chi connectivity index (χ0n) is 37.0. The first-order valence-corrected chi connectivity index (χ1v) is 24.3. The summed E-state index contributed by atoms with van der Waals surface area (Å²) < 4.78 is 11.2. The van der Waals surface area contributed by atoms with E-state index in [0.29, 0.717) is 6.42 Å². The average molecular weight is 816 g/mol. The normalized spacial score (nSPS) is 21.4. The summed E-state index contributed by atoms with van der Waals surface area (Å²) in [6.45, 7) is 3.62. The minimum absolute atomic E-state index is 0.253. The van der Waals surface area contributed by atoms with Crippen molar-refractivity contribution in [2.75, 3.05) is 13.2 Å². The third-order valence-corrected chi connectivity index (χ3v) is 12.1. The van der Waals surface area contributed by atoms with Crippen molar-refractivity contribution in [2.24, 2.45) is 0 Å². The van der Waals surface area contributed by atoms with Crippen LogP contribution in [0.4, 0.5) is 0 Å². The summed E-state index contributed by atoms with van der Waals surface area (Å²) in [5.74, 6) is -0.253. The third kappa shape index (κ3) is 28.3. The van der Waals surface area contributed by atoms with Crippen molar-refractivity contribution < 1.29 is 44.9 Å². The molecule has 0 spiro atoms. The Hall–Kier alpha value is -0.850. The number of carbonyl (C=O) groups excluding carboxylic acids is 1. The highest BCUT2D eigenvalue weighted by Gasteiger charge is 2.44. The molecular formula is C47H93NO9. The summed E-state index contributed by atoms with van der Waals surface area (Å²) in [6.07, 6.45) is 31.1. The van der Waals surface area contributed by atoms with E-state index in [0.717, 1.165) is 38.5 Å². The van der Waals surface area contributed by atoms with Gasteiger partial charge in [0.2, 0.25) is 5.91 Å². The summed E-state index contributed by atoms with van der Waals surface area (Å²) in [5.41, 5.74) is 0. The van der Waals surface area contributed by atoms with Crippen molar-refractivity contribution >= 4 is 5.91 Å². The zero-order chi connectivity index (χ0) is 41.8. The van der Waals surface area contributed by atoms with Crippen LogP contribution >= 0.6 is 0 Å². The Balaban J connectivity index is 2.34. The number of hydrogen-bond donors (Lipinski definition) is 7. The summed E-state index contributed by atoms with van der Waals surface area (Å²) in [7, 11) is 0. The number of ether oxygens (including phenoxy) is 2. The van der Waals surface area contributed by atoms with Gasteiger partial charge in [0.05, 0.1) is 25.4 Å². The van der Waals surface area contributed by atoms with E-state index in [4.69, 9.17) is 9.47 Å². The Bertz CT molecular complexity index is 880. The Labute approximate surface area is 349 Å². The van der Waals surface area contributed by atoms with Gasteiger partial charge in [0.15, 0.2) is 6.29 Å². The lowest BCUT2D eigenvalue weighted by atomic mass is 9.98. The molecule has 1 aliphatic heterocycles. The van der Waals surface area contributed by atoms with E-state index in [9.17, 15) is 35.4 Å². The van der Waals surface area contributed by atoms with Gasteiger partial charge in [0, 0.05) is 6.42 Å². The largest absolute Gasteiger partial charge is 0.394 e. The van der Waals surface area contributed by atoms with Gasteiger partial charge in [0.25, 0.3) is 0 Å². The number of aliphatic hydroxyl groups excluding tert-OH is 6. The van der Waals surface area contributed by atoms with E-state index in [1.54, 1.807) is 0 Å². The van der Waals surface area contributed by atoms with Crippen LogP contribution in [0.3, 0.4) is 0 Å². The van der Waals surface area contributed by atoms with Gasteiger partial charge in [-0.3, -0.25) is 4.79 Å². The molecule has 0 saturated carbocycles. The van der Waals surface area contributed by atoms with Gasteiger partial charge < -0.3 is 45.4 Å². The molecule has 10 nitrogen and oxygen atoms in total. The molecule has 7 N–H and O–H groups in total. The summed E-state index contributed by atoms with van der Waals surface area (Å²) in [5, 5.41) is 65.2. The number of hydrogen-bond acceptors (Lipinski definition) is 9. The van der Waals surface area contributed by atoms with Gasteiger partial charge in [0.1, 0.15) is 30.5 Å². The lowest BCUT2D eigenvalue weighted by Gasteiger charge is -2.40. The Morgan fingerprint density at radius 2 is 0.912 bits per heavy atom. The molecule has 340 valence electrons. The van der Waals surface area contributed by atoms with E-state index in [1.807, 2.05) is 0 Å². The van der Waals surface area contributed by atoms with Gasteiger partial charge in [-0.25, -0.2) is 0 Å². The number of aliphatic hydroxyl groups is 6. The van der Waals surface area contributed by atoms with Gasteiger partial charge in [-0.1, -0.05) is 213 Å². The molecule has 0 radical (unpaired) electrons. The Morgan fingerprint density at radius 3 is 1.30 bits per heavy atom. The van der Waals surface area contributed by atoms with Crippen molar-refractivity contribution in [3.05, 3.63) is 0 Å². The predicted octanol–water partition coefficient (Wildman–Crippen LogP) is 9.31. The van der Waals surface area contributed by atoms with Crippen molar-refractivity contribution in [2.45, 2.75) is 281 Å². The average Bonchev–Trinajstić information content (AvgIpc) is 3.21. The van der Waals surface area contributed by atoms with Crippen LogP contribution < -0.4 is 5.32 Å². The van der Waals surface area contributed by atoms with Gasteiger partial charge in [-0.05, 0) is 12.8 Å². The van der Waals surface area contributed by atoms with E-state index in [2.05, 4.69) is 19.2 Å². The lowest BCUT2D eigenvalue weighted by molar-refractivity contribution is -0.303. The molecule has 8 atom stereocenters. The number of carbonyl (C=O) groups is 1. The summed E-state index contributed by atoms with van der Waals surface area (Å²) in [4.78, 5) is 13.0. The highest BCUT2D eigenvalue weighted by Crippen LogP contribution is 2.23. The number of amides is 1. The molecule has 0 aromatic carbocycles. The molecular weight excluding hydrogens is 723 g/mol. The van der Waals surface area contributed by atoms with Crippen LogP contribution in [-0.2, 0) is 14.3 Å². The molecule has 2 unspecified atom stereocenters. The third-order valence-electron chi connectivity index (χ3n) is 12.1. The topological polar surface area (TPSA) is 169 Å². The smallest absolute Gasteiger partial charge is 0.220 e. The summed E-state index contributed by atoms with van der Waals surface area (Å²) in [6, 6.07) is -0.984. The fourth-order valence-corrected chi connectivity index (χ4v) is 8.08. The van der Waals surface area contributed by atoms with E-state index in [1.165, 1.54) is 167 Å². The van der Waals surface area contributed by atoms with Crippen molar-refractivity contribution in [1.82, 2.24) is 5.32 Å². The molecule has 1 heterocycles. The van der Waals surface area contributed by atoms with Crippen LogP contribution in [-0.4, -0.2) is 98.7 Å². The molecule has 10 heteroatoms. The Kier molecular flexibility index (Phi) is 36.2. The van der Waals surface area contributed by atoms with Gasteiger partial charge >= 0.3 is 0 Å². The molecule has 1 amide bonds. The van der Waals surface area contributed by atoms with Gasteiger partial charge in [-0.2, -0.15) is 0 Å². The van der Waals surface area contributed by atoms with E-state index in [-0.39, 0.29) is 18.9 Å². The van der Waals surface area contributed by atoms with Crippen molar-refractivity contribution in [1.29, 1.82) is 0 Å². The fraction of sp³-hybridized carbons (Fsp3) is 0.979. The first-order valence-electron chi connectivity index (χ1n) is 24.3. The predicted molar refractivity (Wildman–Crippen MR) is 232 cm³/mol. The van der Waals surface area contributed by atoms with Crippen LogP contribution in [0.25, 0.3) is 0 Å². The van der Waals surface area contributed by atoms with Crippen LogP contribution in [0.15, 0.2) is 0 Å². The molecule has 57 heavy (non-hydrogen) atoms. The van der Waals surface area contributed by atoms with Gasteiger partial charge in [-0.15, -0.1) is 0 Å². The molecule has 1 rings (SSSR count). The second-order valence-corrected chi connectivity index (χ2v) is 17.4. The highest BCUT2D eigenvalue weighted by atomic mass is 16.7. The maximum atomic E-state index is 13.0. The number of rotatable bonds is 41. The quantitative estimate of drug-likeness (QED) is 0.0298. The second-order valence-electron chi connectivity index (χ2n) is 17.4.